The minimum atomic E-state index is 0.104. The molecule has 2 heteroatoms. The summed E-state index contributed by atoms with van der Waals surface area (Å²) >= 11 is 0. The molecule has 0 saturated heterocycles. The minimum Gasteiger partial charge on any atom is -0.359 e. The molecule has 1 N–H and O–H groups in total. The van der Waals surface area contributed by atoms with Gasteiger partial charge < -0.3 is 5.32 Å². The largest absolute Gasteiger partial charge is 0.359 e. The Morgan fingerprint density at radius 2 is 1.69 bits per heavy atom. The van der Waals surface area contributed by atoms with Gasteiger partial charge in [0.05, 0.1) is 0 Å². The van der Waals surface area contributed by atoms with Crippen molar-refractivity contribution in [3.63, 3.8) is 0 Å². The summed E-state index contributed by atoms with van der Waals surface area (Å²) < 4.78 is 0. The minimum absolute atomic E-state index is 0.104. The number of hydrogen-bond acceptors (Lipinski definition) is 1. The molecule has 1 amide bonds. The average Bonchev–Trinajstić information content (AvgIpc) is 2.14. The maximum atomic E-state index is 11.5. The van der Waals surface area contributed by atoms with Crippen LogP contribution in [0.5, 0.6) is 0 Å². The molecule has 96 valence electrons. The van der Waals surface area contributed by atoms with Crippen LogP contribution in [0, 0.1) is 16.7 Å². The molecule has 2 nitrogen and oxygen atoms in total. The molecular weight excluding hydrogens is 198 g/mol. The highest BCUT2D eigenvalue weighted by atomic mass is 16.1. The van der Waals surface area contributed by atoms with Gasteiger partial charge in [0.25, 0.3) is 0 Å². The van der Waals surface area contributed by atoms with Crippen LogP contribution in [0.2, 0.25) is 0 Å². The van der Waals surface area contributed by atoms with Crippen LogP contribution >= 0.6 is 0 Å². The van der Waals surface area contributed by atoms with Crippen molar-refractivity contribution < 1.29 is 4.79 Å². The molecule has 0 fully saturated rings. The third-order valence-electron chi connectivity index (χ3n) is 3.47. The number of hydrogen-bond donors (Lipinski definition) is 1. The van der Waals surface area contributed by atoms with Gasteiger partial charge in [-0.2, -0.15) is 0 Å². The van der Waals surface area contributed by atoms with Crippen LogP contribution in [0.25, 0.3) is 0 Å². The second kappa shape index (κ2) is 5.70. The summed E-state index contributed by atoms with van der Waals surface area (Å²) in [7, 11) is 1.71. The van der Waals surface area contributed by atoms with Crippen LogP contribution in [0.15, 0.2) is 0 Å². The monoisotopic (exact) mass is 227 g/mol. The first-order chi connectivity index (χ1) is 7.13. The lowest BCUT2D eigenvalue weighted by Crippen LogP contribution is -2.31. The van der Waals surface area contributed by atoms with Gasteiger partial charge in [-0.15, -0.1) is 0 Å². The maximum Gasteiger partial charge on any atom is 0.222 e. The van der Waals surface area contributed by atoms with Gasteiger partial charge in [-0.1, -0.05) is 48.0 Å². The fourth-order valence-electron chi connectivity index (χ4n) is 2.66. The summed E-state index contributed by atoms with van der Waals surface area (Å²) in [6.45, 7) is 13.4. The van der Waals surface area contributed by atoms with E-state index < -0.39 is 0 Å². The van der Waals surface area contributed by atoms with Gasteiger partial charge in [0.2, 0.25) is 5.91 Å². The lowest BCUT2D eigenvalue weighted by molar-refractivity contribution is -0.125. The predicted molar refractivity (Wildman–Crippen MR) is 70.3 cm³/mol. The van der Waals surface area contributed by atoms with E-state index in [0.717, 1.165) is 12.8 Å². The van der Waals surface area contributed by atoms with Crippen molar-refractivity contribution in [2.75, 3.05) is 7.05 Å². The summed E-state index contributed by atoms with van der Waals surface area (Å²) in [4.78, 5) is 11.5. The van der Waals surface area contributed by atoms with E-state index in [1.54, 1.807) is 7.05 Å². The second-order valence-electron chi connectivity index (χ2n) is 6.58. The first-order valence-electron chi connectivity index (χ1n) is 6.35. The highest BCUT2D eigenvalue weighted by Gasteiger charge is 2.30. The third-order valence-corrected chi connectivity index (χ3v) is 3.47. The summed E-state index contributed by atoms with van der Waals surface area (Å²) in [5.74, 6) is 0.259. The maximum absolute atomic E-state index is 11.5. The Kier molecular flexibility index (Phi) is 5.51. The van der Waals surface area contributed by atoms with Gasteiger partial charge in [0.1, 0.15) is 0 Å². The number of amides is 1. The van der Waals surface area contributed by atoms with Gasteiger partial charge in [-0.3, -0.25) is 4.79 Å². The molecule has 0 heterocycles. The van der Waals surface area contributed by atoms with Gasteiger partial charge in [-0.05, 0) is 23.7 Å². The van der Waals surface area contributed by atoms with Crippen molar-refractivity contribution in [3.05, 3.63) is 0 Å². The second-order valence-corrected chi connectivity index (χ2v) is 6.58. The van der Waals surface area contributed by atoms with Crippen molar-refractivity contribution in [2.24, 2.45) is 16.7 Å². The van der Waals surface area contributed by atoms with E-state index in [4.69, 9.17) is 0 Å². The Balaban J connectivity index is 4.40. The zero-order chi connectivity index (χ0) is 13.0. The van der Waals surface area contributed by atoms with Crippen LogP contribution in [-0.2, 0) is 4.79 Å². The van der Waals surface area contributed by atoms with E-state index in [-0.39, 0.29) is 17.2 Å². The first-order valence-corrected chi connectivity index (χ1v) is 6.35. The molecule has 0 aromatic carbocycles. The Bertz CT molecular complexity index is 231. The van der Waals surface area contributed by atoms with E-state index in [2.05, 4.69) is 39.9 Å². The number of rotatable bonds is 6. The standard InChI is InChI=1S/C14H29NO/c1-8-13(3,4)10-14(5,6)9-11(2)12(16)15-7/h11H,8-10H2,1-7H3,(H,15,16). The van der Waals surface area contributed by atoms with Crippen LogP contribution < -0.4 is 5.32 Å². The molecule has 0 aliphatic heterocycles. The zero-order valence-electron chi connectivity index (χ0n) is 12.1. The summed E-state index contributed by atoms with van der Waals surface area (Å²) in [6, 6.07) is 0. The lowest BCUT2D eigenvalue weighted by Gasteiger charge is -2.35. The molecule has 0 spiro atoms. The highest BCUT2D eigenvalue weighted by Crippen LogP contribution is 2.39. The van der Waals surface area contributed by atoms with E-state index in [9.17, 15) is 4.79 Å². The van der Waals surface area contributed by atoms with Crippen molar-refractivity contribution >= 4 is 5.91 Å². The van der Waals surface area contributed by atoms with Crippen LogP contribution in [-0.4, -0.2) is 13.0 Å². The van der Waals surface area contributed by atoms with Crippen molar-refractivity contribution in [2.45, 2.75) is 60.8 Å². The lowest BCUT2D eigenvalue weighted by atomic mass is 9.70. The molecule has 0 saturated carbocycles. The van der Waals surface area contributed by atoms with Crippen molar-refractivity contribution in [1.29, 1.82) is 0 Å². The summed E-state index contributed by atoms with van der Waals surface area (Å²) in [6.07, 6.45) is 3.30. The summed E-state index contributed by atoms with van der Waals surface area (Å²) in [5.41, 5.74) is 0.595. The molecule has 0 aliphatic rings. The van der Waals surface area contributed by atoms with Crippen LogP contribution in [0.1, 0.15) is 60.8 Å². The van der Waals surface area contributed by atoms with Crippen LogP contribution in [0.4, 0.5) is 0 Å². The van der Waals surface area contributed by atoms with E-state index in [1.807, 2.05) is 6.92 Å². The SMILES string of the molecule is CCC(C)(C)CC(C)(C)CC(C)C(=O)NC. The van der Waals surface area contributed by atoms with Crippen LogP contribution in [0.3, 0.4) is 0 Å². The summed E-state index contributed by atoms with van der Waals surface area (Å²) in [5, 5.41) is 2.73. The number of nitrogens with one attached hydrogen (secondary N) is 1. The Hall–Kier alpha value is -0.530. The van der Waals surface area contributed by atoms with Gasteiger partial charge >= 0.3 is 0 Å². The van der Waals surface area contributed by atoms with Gasteiger partial charge in [0.15, 0.2) is 0 Å². The molecule has 0 bridgehead atoms. The Labute approximate surface area is 101 Å². The average molecular weight is 227 g/mol. The zero-order valence-corrected chi connectivity index (χ0v) is 12.1. The van der Waals surface area contributed by atoms with E-state index >= 15 is 0 Å². The predicted octanol–water partition coefficient (Wildman–Crippen LogP) is 3.61. The normalized spacial score (nSPS) is 14.7. The first kappa shape index (κ1) is 15.5. The topological polar surface area (TPSA) is 29.1 Å². The molecule has 16 heavy (non-hydrogen) atoms. The fourth-order valence-corrected chi connectivity index (χ4v) is 2.66. The molecule has 1 unspecified atom stereocenters. The molecule has 1 atom stereocenters. The number of carbonyl (C=O) groups is 1. The van der Waals surface area contributed by atoms with E-state index in [1.165, 1.54) is 6.42 Å². The Morgan fingerprint density at radius 1 is 1.19 bits per heavy atom. The molecule has 0 aromatic rings. The fraction of sp³-hybridized carbons (Fsp3) is 0.929. The molecule has 0 rings (SSSR count). The molecule has 0 aromatic heterocycles. The Morgan fingerprint density at radius 3 is 2.06 bits per heavy atom. The quantitative estimate of drug-likeness (QED) is 0.738. The molecule has 0 aliphatic carbocycles. The van der Waals surface area contributed by atoms with Crippen molar-refractivity contribution in [3.8, 4) is 0 Å². The molecular formula is C14H29NO. The third kappa shape index (κ3) is 5.53. The van der Waals surface area contributed by atoms with Gasteiger partial charge in [0, 0.05) is 13.0 Å². The number of carbonyl (C=O) groups excluding carboxylic acids is 1. The molecule has 0 radical (unpaired) electrons. The van der Waals surface area contributed by atoms with E-state index in [0.29, 0.717) is 5.41 Å². The van der Waals surface area contributed by atoms with Gasteiger partial charge in [-0.25, -0.2) is 0 Å². The smallest absolute Gasteiger partial charge is 0.222 e. The highest BCUT2D eigenvalue weighted by molar-refractivity contribution is 5.77. The van der Waals surface area contributed by atoms with Crippen molar-refractivity contribution in [1.82, 2.24) is 5.32 Å².